The van der Waals surface area contributed by atoms with Gasteiger partial charge in [0, 0.05) is 17.6 Å². The molecule has 1 aromatic rings. The van der Waals surface area contributed by atoms with E-state index in [-0.39, 0.29) is 0 Å². The highest BCUT2D eigenvalue weighted by molar-refractivity contribution is 6.25. The van der Waals surface area contributed by atoms with Gasteiger partial charge in [-0.15, -0.1) is 0 Å². The molecular weight excluding hydrogens is 246 g/mol. The third-order valence-electron chi connectivity index (χ3n) is 2.48. The Hall–Kier alpha value is -0.990. The molecule has 0 unspecified atom stereocenters. The maximum atomic E-state index is 5.75. The van der Waals surface area contributed by atoms with Gasteiger partial charge in [-0.2, -0.15) is 0 Å². The summed E-state index contributed by atoms with van der Waals surface area (Å²) in [5.41, 5.74) is 3.75. The summed E-state index contributed by atoms with van der Waals surface area (Å²) in [7, 11) is 0. The van der Waals surface area contributed by atoms with Crippen LogP contribution in [0.2, 0.25) is 0 Å². The van der Waals surface area contributed by atoms with Gasteiger partial charge in [-0.25, -0.2) is 0 Å². The molecule has 0 heterocycles. The minimum atomic E-state index is 0.532. The van der Waals surface area contributed by atoms with Gasteiger partial charge in [-0.3, -0.25) is 0 Å². The first-order chi connectivity index (χ1) is 8.63. The summed E-state index contributed by atoms with van der Waals surface area (Å²) >= 11 is 5.62. The number of hydrogen-bond donors (Lipinski definition) is 1. The zero-order chi connectivity index (χ0) is 13.4. The molecule has 0 aromatic heterocycles. The molecule has 0 aliphatic heterocycles. The van der Waals surface area contributed by atoms with Crippen LogP contribution in [0.25, 0.3) is 0 Å². The van der Waals surface area contributed by atoms with E-state index in [9.17, 15) is 0 Å². The van der Waals surface area contributed by atoms with E-state index < -0.39 is 0 Å². The molecule has 100 valence electrons. The van der Waals surface area contributed by atoms with Gasteiger partial charge in [0.15, 0.2) is 0 Å². The number of halogens is 1. The summed E-state index contributed by atoms with van der Waals surface area (Å²) < 4.78 is 5.75. The van der Waals surface area contributed by atoms with Crippen molar-refractivity contribution in [1.82, 2.24) is 5.32 Å². The minimum Gasteiger partial charge on any atom is -0.489 e. The molecular formula is C15H22ClNO. The average molecular weight is 268 g/mol. The second-order valence-corrected chi connectivity index (χ2v) is 5.09. The van der Waals surface area contributed by atoms with Crippen molar-refractivity contribution < 1.29 is 4.74 Å². The van der Waals surface area contributed by atoms with Crippen molar-refractivity contribution in [2.75, 3.05) is 13.2 Å². The number of hydrogen-bond acceptors (Lipinski definition) is 2. The van der Waals surface area contributed by atoms with Crippen molar-refractivity contribution in [2.45, 2.75) is 27.3 Å². The molecule has 0 amide bonds. The largest absolute Gasteiger partial charge is 0.489 e. The number of nitrogens with one attached hydrogen (secondary N) is 1. The van der Waals surface area contributed by atoms with E-state index in [0.29, 0.717) is 12.5 Å². The Balaban J connectivity index is 2.56. The van der Waals surface area contributed by atoms with Gasteiger partial charge in [0.2, 0.25) is 0 Å². The van der Waals surface area contributed by atoms with Crippen molar-refractivity contribution in [1.29, 1.82) is 0 Å². The Kier molecular flexibility index (Phi) is 6.84. The summed E-state index contributed by atoms with van der Waals surface area (Å²) in [6, 6.07) is 8.10. The summed E-state index contributed by atoms with van der Waals surface area (Å²) in [4.78, 5) is 0. The molecule has 0 saturated carbocycles. The molecule has 0 fully saturated rings. The van der Waals surface area contributed by atoms with Gasteiger partial charge in [0.25, 0.3) is 0 Å². The standard InChI is InChI=1S/C15H22ClNO/c1-12(2)9-17-10-14-6-4-5-7-15(14)18-11-13(3)8-16/h4-8,12,17H,9-11H2,1-3H3/b13-8+. The van der Waals surface area contributed by atoms with Crippen molar-refractivity contribution in [3.8, 4) is 5.75 Å². The number of ether oxygens (including phenoxy) is 1. The first kappa shape index (κ1) is 15.1. The van der Waals surface area contributed by atoms with Crippen LogP contribution in [0, 0.1) is 5.92 Å². The highest BCUT2D eigenvalue weighted by Gasteiger charge is 2.03. The second kappa shape index (κ2) is 8.17. The monoisotopic (exact) mass is 267 g/mol. The van der Waals surface area contributed by atoms with Gasteiger partial charge in [-0.05, 0) is 31.0 Å². The van der Waals surface area contributed by atoms with Crippen molar-refractivity contribution >= 4 is 11.6 Å². The third kappa shape index (κ3) is 5.56. The van der Waals surface area contributed by atoms with Gasteiger partial charge >= 0.3 is 0 Å². The molecule has 0 spiro atoms. The Morgan fingerprint density at radius 2 is 2.11 bits per heavy atom. The molecule has 3 heteroatoms. The maximum absolute atomic E-state index is 5.75. The van der Waals surface area contributed by atoms with E-state index in [0.717, 1.165) is 24.4 Å². The lowest BCUT2D eigenvalue weighted by Crippen LogP contribution is -2.19. The summed E-state index contributed by atoms with van der Waals surface area (Å²) in [6.45, 7) is 8.72. The van der Waals surface area contributed by atoms with Crippen LogP contribution in [0.4, 0.5) is 0 Å². The van der Waals surface area contributed by atoms with Crippen LogP contribution in [0.5, 0.6) is 5.75 Å². The predicted molar refractivity (Wildman–Crippen MR) is 78.1 cm³/mol. The van der Waals surface area contributed by atoms with E-state index in [1.54, 1.807) is 5.54 Å². The highest BCUT2D eigenvalue weighted by Crippen LogP contribution is 2.18. The minimum absolute atomic E-state index is 0.532. The highest BCUT2D eigenvalue weighted by atomic mass is 35.5. The van der Waals surface area contributed by atoms with Crippen LogP contribution < -0.4 is 10.1 Å². The molecule has 2 nitrogen and oxygen atoms in total. The fourth-order valence-corrected chi connectivity index (χ4v) is 1.57. The van der Waals surface area contributed by atoms with E-state index >= 15 is 0 Å². The fourth-order valence-electron chi connectivity index (χ4n) is 1.51. The van der Waals surface area contributed by atoms with Crippen LogP contribution in [-0.4, -0.2) is 13.2 Å². The van der Waals surface area contributed by atoms with E-state index in [4.69, 9.17) is 16.3 Å². The molecule has 1 N–H and O–H groups in total. The van der Waals surface area contributed by atoms with E-state index in [1.807, 2.05) is 25.1 Å². The zero-order valence-electron chi connectivity index (χ0n) is 11.4. The lowest BCUT2D eigenvalue weighted by Gasteiger charge is -2.13. The Bertz CT molecular complexity index is 388. The Morgan fingerprint density at radius 3 is 2.78 bits per heavy atom. The molecule has 1 aromatic carbocycles. The summed E-state index contributed by atoms with van der Waals surface area (Å²) in [5.74, 6) is 1.58. The number of rotatable bonds is 7. The van der Waals surface area contributed by atoms with Crippen molar-refractivity contribution in [2.24, 2.45) is 5.92 Å². The molecule has 0 bridgehead atoms. The molecule has 18 heavy (non-hydrogen) atoms. The SMILES string of the molecule is C/C(=C\Cl)COc1ccccc1CNCC(C)C. The molecule has 1 rings (SSSR count). The zero-order valence-corrected chi connectivity index (χ0v) is 12.1. The van der Waals surface area contributed by atoms with Gasteiger partial charge in [0.1, 0.15) is 12.4 Å². The van der Waals surface area contributed by atoms with Crippen LogP contribution >= 0.6 is 11.6 Å². The van der Waals surface area contributed by atoms with Crippen molar-refractivity contribution in [3.63, 3.8) is 0 Å². The van der Waals surface area contributed by atoms with Crippen LogP contribution in [0.1, 0.15) is 26.3 Å². The molecule has 0 radical (unpaired) electrons. The number of para-hydroxylation sites is 1. The van der Waals surface area contributed by atoms with Gasteiger partial charge in [-0.1, -0.05) is 43.6 Å². The first-order valence-corrected chi connectivity index (χ1v) is 6.74. The molecule has 0 aliphatic rings. The van der Waals surface area contributed by atoms with Crippen LogP contribution in [-0.2, 0) is 6.54 Å². The quantitative estimate of drug-likeness (QED) is 0.808. The molecule has 0 aliphatic carbocycles. The summed E-state index contributed by atoms with van der Waals surface area (Å²) in [6.07, 6.45) is 0. The van der Waals surface area contributed by atoms with Gasteiger partial charge < -0.3 is 10.1 Å². The van der Waals surface area contributed by atoms with E-state index in [1.165, 1.54) is 5.56 Å². The molecule has 0 atom stereocenters. The smallest absolute Gasteiger partial charge is 0.124 e. The Labute approximate surface area is 115 Å². The fraction of sp³-hybridized carbons (Fsp3) is 0.467. The topological polar surface area (TPSA) is 21.3 Å². The number of benzene rings is 1. The average Bonchev–Trinajstić information content (AvgIpc) is 2.36. The van der Waals surface area contributed by atoms with Gasteiger partial charge in [0.05, 0.1) is 0 Å². The first-order valence-electron chi connectivity index (χ1n) is 6.30. The third-order valence-corrected chi connectivity index (χ3v) is 2.85. The predicted octanol–water partition coefficient (Wildman–Crippen LogP) is 3.95. The maximum Gasteiger partial charge on any atom is 0.124 e. The Morgan fingerprint density at radius 1 is 1.39 bits per heavy atom. The second-order valence-electron chi connectivity index (χ2n) is 4.88. The lowest BCUT2D eigenvalue weighted by atomic mass is 10.2. The van der Waals surface area contributed by atoms with Crippen LogP contribution in [0.15, 0.2) is 35.4 Å². The normalized spacial score (nSPS) is 11.9. The van der Waals surface area contributed by atoms with Crippen LogP contribution in [0.3, 0.4) is 0 Å². The molecule has 0 saturated heterocycles. The van der Waals surface area contributed by atoms with Crippen molar-refractivity contribution in [3.05, 3.63) is 40.9 Å². The lowest BCUT2D eigenvalue weighted by molar-refractivity contribution is 0.347. The van der Waals surface area contributed by atoms with E-state index in [2.05, 4.69) is 25.2 Å². The summed E-state index contributed by atoms with van der Waals surface area (Å²) in [5, 5.41) is 3.42.